The zero-order valence-corrected chi connectivity index (χ0v) is 14.0. The van der Waals surface area contributed by atoms with E-state index in [-0.39, 0.29) is 17.5 Å². The first-order chi connectivity index (χ1) is 12.5. The van der Waals surface area contributed by atoms with Crippen molar-refractivity contribution in [3.05, 3.63) is 94.3 Å². The summed E-state index contributed by atoms with van der Waals surface area (Å²) in [5.41, 5.74) is 5.70. The van der Waals surface area contributed by atoms with E-state index in [1.807, 2.05) is 19.1 Å². The molecule has 2 unspecified atom stereocenters. The molecule has 3 aromatic rings. The molecule has 0 spiro atoms. The van der Waals surface area contributed by atoms with Crippen molar-refractivity contribution in [1.29, 1.82) is 0 Å². The van der Waals surface area contributed by atoms with Gasteiger partial charge in [-0.15, -0.1) is 0 Å². The zero-order chi connectivity index (χ0) is 18.1. The van der Waals surface area contributed by atoms with Crippen LogP contribution in [-0.2, 0) is 10.3 Å². The Morgan fingerprint density at radius 2 is 1.58 bits per heavy atom. The van der Waals surface area contributed by atoms with Gasteiger partial charge in [0.1, 0.15) is 17.5 Å². The Labute approximate surface area is 149 Å². The molecule has 2 heterocycles. The number of rotatable bonds is 2. The summed E-state index contributed by atoms with van der Waals surface area (Å²) in [5.74, 6) is -1.21. The number of hydrogen-bond acceptors (Lipinski definition) is 2. The Hall–Kier alpha value is -2.98. The molecule has 0 saturated heterocycles. The maximum Gasteiger partial charge on any atom is 0.335 e. The lowest BCUT2D eigenvalue weighted by Crippen LogP contribution is -2.20. The fraction of sp³-hybridized carbons (Fsp3) is 0.136. The van der Waals surface area contributed by atoms with E-state index in [0.29, 0.717) is 0 Å². The number of aromatic carboxylic acids is 1. The van der Waals surface area contributed by atoms with Crippen molar-refractivity contribution in [2.75, 3.05) is 0 Å². The molecule has 4 heteroatoms. The number of fused-ring (bicyclic) bond motifs is 8. The number of hydrogen-bond donors (Lipinski definition) is 1. The van der Waals surface area contributed by atoms with Crippen LogP contribution in [0.4, 0.5) is 4.39 Å². The van der Waals surface area contributed by atoms with Crippen LogP contribution in [0.5, 0.6) is 0 Å². The Morgan fingerprint density at radius 1 is 0.962 bits per heavy atom. The van der Waals surface area contributed by atoms with Gasteiger partial charge in [-0.1, -0.05) is 30.3 Å². The summed E-state index contributed by atoms with van der Waals surface area (Å²) < 4.78 is 19.5. The molecule has 0 aromatic heterocycles. The van der Waals surface area contributed by atoms with E-state index in [4.69, 9.17) is 4.74 Å². The van der Waals surface area contributed by atoms with E-state index in [1.54, 1.807) is 24.3 Å². The van der Waals surface area contributed by atoms with Gasteiger partial charge in [-0.3, -0.25) is 0 Å². The highest BCUT2D eigenvalue weighted by Crippen LogP contribution is 2.58. The van der Waals surface area contributed by atoms with E-state index in [2.05, 4.69) is 12.1 Å². The summed E-state index contributed by atoms with van der Waals surface area (Å²) in [4.78, 5) is 11.3. The molecule has 5 rings (SSSR count). The quantitative estimate of drug-likeness (QED) is 0.719. The van der Waals surface area contributed by atoms with Crippen molar-refractivity contribution in [3.8, 4) is 11.1 Å². The third-order valence-electron chi connectivity index (χ3n) is 5.47. The first-order valence-electron chi connectivity index (χ1n) is 8.43. The lowest BCUT2D eigenvalue weighted by molar-refractivity contribution is 0.00901. The summed E-state index contributed by atoms with van der Waals surface area (Å²) in [6.07, 6.45) is -0.273. The molecule has 3 nitrogen and oxygen atoms in total. The van der Waals surface area contributed by atoms with Crippen LogP contribution in [0, 0.1) is 5.82 Å². The van der Waals surface area contributed by atoms with Crippen LogP contribution >= 0.6 is 0 Å². The number of benzene rings is 3. The van der Waals surface area contributed by atoms with Crippen LogP contribution in [0.3, 0.4) is 0 Å². The Kier molecular flexibility index (Phi) is 2.95. The predicted molar refractivity (Wildman–Crippen MR) is 94.6 cm³/mol. The molecule has 0 amide bonds. The van der Waals surface area contributed by atoms with Gasteiger partial charge in [0.2, 0.25) is 0 Å². The molecule has 26 heavy (non-hydrogen) atoms. The third kappa shape index (κ3) is 1.93. The van der Waals surface area contributed by atoms with Crippen LogP contribution in [0.1, 0.15) is 45.6 Å². The van der Waals surface area contributed by atoms with E-state index in [0.717, 1.165) is 33.4 Å². The first kappa shape index (κ1) is 15.3. The zero-order valence-electron chi connectivity index (χ0n) is 14.0. The number of carbonyl (C=O) groups is 1. The molecule has 2 aliphatic rings. The largest absolute Gasteiger partial charge is 0.478 e. The molecule has 3 aromatic carbocycles. The molecule has 0 radical (unpaired) electrons. The smallest absolute Gasteiger partial charge is 0.335 e. The van der Waals surface area contributed by atoms with Gasteiger partial charge in [-0.25, -0.2) is 9.18 Å². The molecule has 1 N–H and O–H groups in total. The topological polar surface area (TPSA) is 46.5 Å². The number of carboxylic acids is 1. The highest BCUT2D eigenvalue weighted by atomic mass is 19.1. The van der Waals surface area contributed by atoms with Crippen LogP contribution in [0.15, 0.2) is 60.7 Å². The second-order valence-electron chi connectivity index (χ2n) is 6.95. The van der Waals surface area contributed by atoms with Crippen molar-refractivity contribution in [2.45, 2.75) is 18.6 Å². The van der Waals surface area contributed by atoms with Crippen molar-refractivity contribution >= 4 is 5.97 Å². The minimum absolute atomic E-state index is 0.264. The second kappa shape index (κ2) is 5.02. The molecule has 2 atom stereocenters. The molecule has 2 bridgehead atoms. The molecule has 0 aliphatic carbocycles. The molecular weight excluding hydrogens is 331 g/mol. The fourth-order valence-electron chi connectivity index (χ4n) is 4.19. The van der Waals surface area contributed by atoms with Gasteiger partial charge in [0, 0.05) is 0 Å². The Balaban J connectivity index is 1.65. The van der Waals surface area contributed by atoms with Crippen molar-refractivity contribution in [1.82, 2.24) is 0 Å². The van der Waals surface area contributed by atoms with E-state index in [9.17, 15) is 14.3 Å². The van der Waals surface area contributed by atoms with Crippen molar-refractivity contribution in [3.63, 3.8) is 0 Å². The standard InChI is InChI=1S/C22H15FO3/c1-22-18-8-4-13(12-2-6-15(23)7-3-12)10-16(18)20(26-22)17-11-14(21(24)25)5-9-19(17)22/h2-11,20H,1H3,(H,24,25). The summed E-state index contributed by atoms with van der Waals surface area (Å²) >= 11 is 0. The average molecular weight is 346 g/mol. The van der Waals surface area contributed by atoms with Crippen LogP contribution in [-0.4, -0.2) is 11.1 Å². The Bertz CT molecular complexity index is 1070. The van der Waals surface area contributed by atoms with E-state index < -0.39 is 11.6 Å². The highest BCUT2D eigenvalue weighted by Gasteiger charge is 2.51. The van der Waals surface area contributed by atoms with Crippen LogP contribution < -0.4 is 0 Å². The fourth-order valence-corrected chi connectivity index (χ4v) is 4.19. The van der Waals surface area contributed by atoms with Gasteiger partial charge in [0.25, 0.3) is 0 Å². The molecule has 2 aliphatic heterocycles. The van der Waals surface area contributed by atoms with Crippen LogP contribution in [0.25, 0.3) is 11.1 Å². The van der Waals surface area contributed by atoms with Gasteiger partial charge >= 0.3 is 5.97 Å². The van der Waals surface area contributed by atoms with Gasteiger partial charge in [0.15, 0.2) is 0 Å². The number of carboxylic acid groups (broad SMARTS) is 1. The van der Waals surface area contributed by atoms with Gasteiger partial charge in [0.05, 0.1) is 5.56 Å². The first-order valence-corrected chi connectivity index (χ1v) is 8.43. The lowest BCUT2D eigenvalue weighted by atomic mass is 9.77. The number of ether oxygens (including phenoxy) is 1. The van der Waals surface area contributed by atoms with Crippen molar-refractivity contribution < 1.29 is 19.0 Å². The molecular formula is C22H15FO3. The van der Waals surface area contributed by atoms with E-state index >= 15 is 0 Å². The lowest BCUT2D eigenvalue weighted by Gasteiger charge is -2.24. The van der Waals surface area contributed by atoms with Gasteiger partial charge < -0.3 is 9.84 Å². The minimum atomic E-state index is -0.944. The minimum Gasteiger partial charge on any atom is -0.478 e. The average Bonchev–Trinajstić information content (AvgIpc) is 3.11. The van der Waals surface area contributed by atoms with Crippen molar-refractivity contribution in [2.24, 2.45) is 0 Å². The maximum absolute atomic E-state index is 13.2. The third-order valence-corrected chi connectivity index (χ3v) is 5.47. The monoisotopic (exact) mass is 346 g/mol. The summed E-state index contributed by atoms with van der Waals surface area (Å²) in [6, 6.07) is 17.7. The SMILES string of the molecule is CC12OC(c3cc(C(=O)O)ccc31)c1cc(-c3ccc(F)cc3)ccc12. The normalized spacial score (nSPS) is 22.2. The van der Waals surface area contributed by atoms with Gasteiger partial charge in [-0.2, -0.15) is 0 Å². The van der Waals surface area contributed by atoms with Gasteiger partial charge in [-0.05, 0) is 70.6 Å². The predicted octanol–water partition coefficient (Wildman–Crippen LogP) is 4.89. The molecule has 0 fully saturated rings. The van der Waals surface area contributed by atoms with E-state index in [1.165, 1.54) is 12.1 Å². The summed E-state index contributed by atoms with van der Waals surface area (Å²) in [7, 11) is 0. The van der Waals surface area contributed by atoms with Crippen LogP contribution in [0.2, 0.25) is 0 Å². The summed E-state index contributed by atoms with van der Waals surface area (Å²) in [6.45, 7) is 2.02. The second-order valence-corrected chi connectivity index (χ2v) is 6.95. The summed E-state index contributed by atoms with van der Waals surface area (Å²) in [5, 5.41) is 9.29. The highest BCUT2D eigenvalue weighted by molar-refractivity contribution is 5.88. The molecule has 0 saturated carbocycles. The Morgan fingerprint density at radius 3 is 2.27 bits per heavy atom. The maximum atomic E-state index is 13.2. The molecule has 128 valence electrons. The number of halogens is 1.